The Kier molecular flexibility index (Phi) is 4.27. The van der Waals surface area contributed by atoms with Crippen LogP contribution >= 0.6 is 23.1 Å². The lowest BCUT2D eigenvalue weighted by molar-refractivity contribution is 1.25. The Labute approximate surface area is 133 Å². The van der Waals surface area contributed by atoms with Gasteiger partial charge in [-0.3, -0.25) is 0 Å². The van der Waals surface area contributed by atoms with Gasteiger partial charge in [-0.05, 0) is 30.7 Å². The minimum atomic E-state index is 0.774. The fourth-order valence-corrected chi connectivity index (χ4v) is 3.92. The van der Waals surface area contributed by atoms with E-state index in [0.29, 0.717) is 0 Å². The van der Waals surface area contributed by atoms with Crippen LogP contribution in [0.15, 0.2) is 58.8 Å². The maximum absolute atomic E-state index is 5.83. The van der Waals surface area contributed by atoms with Crippen LogP contribution in [0.25, 0.3) is 11.3 Å². The van der Waals surface area contributed by atoms with Crippen molar-refractivity contribution in [3.05, 3.63) is 64.5 Å². The molecule has 0 unspecified atom stereocenters. The molecule has 0 atom stereocenters. The van der Waals surface area contributed by atoms with E-state index in [1.54, 1.807) is 11.3 Å². The minimum Gasteiger partial charge on any atom is -0.399 e. The number of nitrogen functional groups attached to an aromatic ring is 1. The predicted molar refractivity (Wildman–Crippen MR) is 92.7 cm³/mol. The largest absolute Gasteiger partial charge is 0.399 e. The summed E-state index contributed by atoms with van der Waals surface area (Å²) in [5.74, 6) is 0.901. The lowest BCUT2D eigenvalue weighted by Gasteiger charge is -2.03. The quantitative estimate of drug-likeness (QED) is 0.544. The highest BCUT2D eigenvalue weighted by Crippen LogP contribution is 2.29. The second kappa shape index (κ2) is 6.33. The number of thioether (sulfide) groups is 1. The fourth-order valence-electron chi connectivity index (χ4n) is 2.07. The van der Waals surface area contributed by atoms with Crippen molar-refractivity contribution >= 4 is 28.8 Å². The molecule has 2 N–H and O–H groups in total. The van der Waals surface area contributed by atoms with Crippen LogP contribution in [0.4, 0.5) is 5.69 Å². The van der Waals surface area contributed by atoms with Crippen molar-refractivity contribution < 1.29 is 0 Å². The zero-order chi connectivity index (χ0) is 14.7. The first-order chi connectivity index (χ1) is 10.2. The molecule has 1 heterocycles. The molecule has 0 fully saturated rings. The highest BCUT2D eigenvalue weighted by molar-refractivity contribution is 7.98. The summed E-state index contributed by atoms with van der Waals surface area (Å²) in [6.07, 6.45) is 0. The Bertz CT molecular complexity index is 750. The molecular weight excluding hydrogens is 296 g/mol. The second-order valence-corrected chi connectivity index (χ2v) is 6.77. The van der Waals surface area contributed by atoms with Crippen LogP contribution < -0.4 is 5.73 Å². The molecule has 0 aliphatic heterocycles. The number of hydrogen-bond acceptors (Lipinski definition) is 4. The van der Waals surface area contributed by atoms with E-state index < -0.39 is 0 Å². The predicted octanol–water partition coefficient (Wildman–Crippen LogP) is 4.99. The van der Waals surface area contributed by atoms with E-state index in [9.17, 15) is 0 Å². The molecule has 0 aliphatic carbocycles. The molecule has 4 heteroatoms. The number of thiazole rings is 1. The van der Waals surface area contributed by atoms with Crippen LogP contribution in [-0.2, 0) is 5.75 Å². The number of anilines is 1. The first-order valence-corrected chi connectivity index (χ1v) is 8.57. The van der Waals surface area contributed by atoms with Gasteiger partial charge in [0.2, 0.25) is 0 Å². The summed E-state index contributed by atoms with van der Waals surface area (Å²) in [6.45, 7) is 2.14. The number of aromatic nitrogens is 1. The molecule has 2 nitrogen and oxygen atoms in total. The van der Waals surface area contributed by atoms with Crippen LogP contribution in [0.5, 0.6) is 0 Å². The summed E-state index contributed by atoms with van der Waals surface area (Å²) in [7, 11) is 0. The van der Waals surface area contributed by atoms with Gasteiger partial charge in [-0.2, -0.15) is 0 Å². The van der Waals surface area contributed by atoms with Gasteiger partial charge in [0, 0.05) is 21.5 Å². The molecule has 21 heavy (non-hydrogen) atoms. The molecule has 0 spiro atoms. The monoisotopic (exact) mass is 312 g/mol. The van der Waals surface area contributed by atoms with Crippen molar-refractivity contribution in [3.8, 4) is 11.3 Å². The molecular formula is C17H16N2S2. The molecule has 3 aromatic rings. The summed E-state index contributed by atoms with van der Waals surface area (Å²) >= 11 is 3.54. The lowest BCUT2D eigenvalue weighted by Crippen LogP contribution is -1.86. The molecule has 1 aromatic heterocycles. The van der Waals surface area contributed by atoms with Crippen LogP contribution in [0, 0.1) is 6.92 Å². The van der Waals surface area contributed by atoms with Gasteiger partial charge in [-0.15, -0.1) is 23.1 Å². The summed E-state index contributed by atoms with van der Waals surface area (Å²) in [4.78, 5) is 6.03. The van der Waals surface area contributed by atoms with Crippen molar-refractivity contribution in [3.63, 3.8) is 0 Å². The average molecular weight is 312 g/mol. The number of nitrogens with zero attached hydrogens (tertiary/aromatic N) is 1. The van der Waals surface area contributed by atoms with E-state index in [0.717, 1.165) is 27.7 Å². The summed E-state index contributed by atoms with van der Waals surface area (Å²) in [6, 6.07) is 16.3. The van der Waals surface area contributed by atoms with Crippen molar-refractivity contribution in [2.24, 2.45) is 0 Å². The zero-order valence-electron chi connectivity index (χ0n) is 11.7. The van der Waals surface area contributed by atoms with Crippen LogP contribution in [0.2, 0.25) is 0 Å². The van der Waals surface area contributed by atoms with E-state index in [4.69, 9.17) is 10.7 Å². The highest BCUT2D eigenvalue weighted by atomic mass is 32.2. The number of hydrogen-bond donors (Lipinski definition) is 1. The van der Waals surface area contributed by atoms with Gasteiger partial charge in [0.05, 0.1) is 11.4 Å². The number of rotatable bonds is 4. The Morgan fingerprint density at radius 3 is 2.81 bits per heavy atom. The summed E-state index contributed by atoms with van der Waals surface area (Å²) in [5, 5.41) is 3.24. The Morgan fingerprint density at radius 2 is 2.00 bits per heavy atom. The summed E-state index contributed by atoms with van der Waals surface area (Å²) in [5.41, 5.74) is 10.0. The van der Waals surface area contributed by atoms with Crippen molar-refractivity contribution in [2.75, 3.05) is 5.73 Å². The number of nitrogens with two attached hydrogens (primary N) is 1. The van der Waals surface area contributed by atoms with Crippen LogP contribution in [0.3, 0.4) is 0 Å². The third-order valence-electron chi connectivity index (χ3n) is 3.18. The molecule has 0 bridgehead atoms. The molecule has 3 rings (SSSR count). The number of benzene rings is 2. The third kappa shape index (κ3) is 3.46. The Hall–Kier alpha value is -1.78. The van der Waals surface area contributed by atoms with Gasteiger partial charge in [0.15, 0.2) is 0 Å². The molecule has 106 valence electrons. The molecule has 0 aliphatic rings. The Balaban J connectivity index is 1.72. The van der Waals surface area contributed by atoms with Crippen LogP contribution in [-0.4, -0.2) is 4.98 Å². The summed E-state index contributed by atoms with van der Waals surface area (Å²) < 4.78 is 0. The van der Waals surface area contributed by atoms with Gasteiger partial charge < -0.3 is 5.73 Å². The van der Waals surface area contributed by atoms with E-state index in [1.807, 2.05) is 36.0 Å². The van der Waals surface area contributed by atoms with Gasteiger partial charge in [-0.25, -0.2) is 4.98 Å². The fraction of sp³-hybridized carbons (Fsp3) is 0.118. The minimum absolute atomic E-state index is 0.774. The molecule has 0 radical (unpaired) electrons. The first-order valence-electron chi connectivity index (χ1n) is 6.71. The smallest absolute Gasteiger partial charge is 0.104 e. The second-order valence-electron chi connectivity index (χ2n) is 4.81. The van der Waals surface area contributed by atoms with Crippen molar-refractivity contribution in [2.45, 2.75) is 17.6 Å². The van der Waals surface area contributed by atoms with Crippen LogP contribution in [0.1, 0.15) is 10.6 Å². The van der Waals surface area contributed by atoms with Crippen molar-refractivity contribution in [1.82, 2.24) is 4.98 Å². The number of aryl methyl sites for hydroxylation is 1. The van der Waals surface area contributed by atoms with Gasteiger partial charge in [0.1, 0.15) is 5.01 Å². The van der Waals surface area contributed by atoms with E-state index in [2.05, 4.69) is 36.6 Å². The lowest BCUT2D eigenvalue weighted by atomic mass is 10.1. The van der Waals surface area contributed by atoms with Gasteiger partial charge in [0.25, 0.3) is 0 Å². The van der Waals surface area contributed by atoms with E-state index in [-0.39, 0.29) is 0 Å². The molecule has 2 aromatic carbocycles. The topological polar surface area (TPSA) is 38.9 Å². The zero-order valence-corrected chi connectivity index (χ0v) is 13.4. The van der Waals surface area contributed by atoms with E-state index in [1.165, 1.54) is 10.5 Å². The SMILES string of the molecule is Cc1ccccc1SCc1nc(-c2cccc(N)c2)cs1. The molecule has 0 saturated heterocycles. The normalized spacial score (nSPS) is 10.7. The maximum Gasteiger partial charge on any atom is 0.104 e. The first kappa shape index (κ1) is 14.2. The molecule has 0 amide bonds. The van der Waals surface area contributed by atoms with Gasteiger partial charge >= 0.3 is 0 Å². The molecule has 0 saturated carbocycles. The van der Waals surface area contributed by atoms with Crippen molar-refractivity contribution in [1.29, 1.82) is 0 Å². The highest BCUT2D eigenvalue weighted by Gasteiger charge is 2.06. The maximum atomic E-state index is 5.83. The Morgan fingerprint density at radius 1 is 1.14 bits per heavy atom. The standard InChI is InChI=1S/C17H16N2S2/c1-12-5-2-3-8-16(12)20-11-17-19-15(10-21-17)13-6-4-7-14(18)9-13/h2-10H,11,18H2,1H3. The van der Waals surface area contributed by atoms with Gasteiger partial charge in [-0.1, -0.05) is 30.3 Å². The van der Waals surface area contributed by atoms with E-state index >= 15 is 0 Å². The third-order valence-corrected chi connectivity index (χ3v) is 5.40. The average Bonchev–Trinajstić information content (AvgIpc) is 2.95.